The number of hydrogen-bond acceptors (Lipinski definition) is 2. The van der Waals surface area contributed by atoms with Gasteiger partial charge in [-0.1, -0.05) is 31.2 Å². The zero-order valence-corrected chi connectivity index (χ0v) is 11.6. The van der Waals surface area contributed by atoms with Crippen LogP contribution in [0.2, 0.25) is 0 Å². The molecule has 0 spiro atoms. The Morgan fingerprint density at radius 1 is 1.30 bits per heavy atom. The molecule has 2 rings (SSSR count). The maximum absolute atomic E-state index is 11.8. The van der Waals surface area contributed by atoms with E-state index in [0.717, 1.165) is 12.8 Å². The fourth-order valence-electron chi connectivity index (χ4n) is 2.53. The van der Waals surface area contributed by atoms with Crippen LogP contribution in [-0.2, 0) is 17.6 Å². The van der Waals surface area contributed by atoms with E-state index in [-0.39, 0.29) is 24.4 Å². The lowest BCUT2D eigenvalue weighted by molar-refractivity contribution is -0.137. The zero-order chi connectivity index (χ0) is 14.5. The van der Waals surface area contributed by atoms with Crippen LogP contribution in [0.25, 0.3) is 0 Å². The summed E-state index contributed by atoms with van der Waals surface area (Å²) in [6.45, 7) is 2.18. The van der Waals surface area contributed by atoms with Crippen molar-refractivity contribution in [2.24, 2.45) is 5.92 Å². The van der Waals surface area contributed by atoms with Crippen LogP contribution in [0.4, 0.5) is 4.79 Å². The first-order chi connectivity index (χ1) is 9.54. The highest BCUT2D eigenvalue weighted by molar-refractivity contribution is 5.74. The topological polar surface area (TPSA) is 78.4 Å². The number of nitrogens with one attached hydrogen (secondary N) is 2. The van der Waals surface area contributed by atoms with Gasteiger partial charge in [0.2, 0.25) is 0 Å². The monoisotopic (exact) mass is 276 g/mol. The molecule has 0 bridgehead atoms. The van der Waals surface area contributed by atoms with Crippen LogP contribution in [-0.4, -0.2) is 29.7 Å². The summed E-state index contributed by atoms with van der Waals surface area (Å²) in [5.41, 5.74) is 2.58. The van der Waals surface area contributed by atoms with Gasteiger partial charge in [-0.25, -0.2) is 4.79 Å². The SMILES string of the molecule is CC(CNC(=O)NC1Cc2ccccc2C1)CC(=O)O. The number of rotatable bonds is 5. The summed E-state index contributed by atoms with van der Waals surface area (Å²) in [5, 5.41) is 14.3. The van der Waals surface area contributed by atoms with Gasteiger partial charge in [-0.3, -0.25) is 4.79 Å². The molecule has 0 fully saturated rings. The highest BCUT2D eigenvalue weighted by atomic mass is 16.4. The van der Waals surface area contributed by atoms with Gasteiger partial charge in [0.25, 0.3) is 0 Å². The van der Waals surface area contributed by atoms with Crippen LogP contribution < -0.4 is 10.6 Å². The molecule has 0 heterocycles. The molecule has 0 radical (unpaired) electrons. The standard InChI is InChI=1S/C15H20N2O3/c1-10(6-14(18)19)9-16-15(20)17-13-7-11-4-2-3-5-12(11)8-13/h2-5,10,13H,6-9H2,1H3,(H,18,19)(H2,16,17,20). The van der Waals surface area contributed by atoms with E-state index in [1.54, 1.807) is 6.92 Å². The first-order valence-electron chi connectivity index (χ1n) is 6.87. The highest BCUT2D eigenvalue weighted by Crippen LogP contribution is 2.21. The molecular formula is C15H20N2O3. The van der Waals surface area contributed by atoms with Gasteiger partial charge in [-0.05, 0) is 29.9 Å². The number of carbonyl (C=O) groups is 2. The van der Waals surface area contributed by atoms with E-state index in [1.807, 2.05) is 12.1 Å². The number of carboxylic acid groups (broad SMARTS) is 1. The van der Waals surface area contributed by atoms with Gasteiger partial charge < -0.3 is 15.7 Å². The third-order valence-corrected chi connectivity index (χ3v) is 3.52. The molecule has 0 saturated carbocycles. The van der Waals surface area contributed by atoms with Crippen molar-refractivity contribution in [1.82, 2.24) is 10.6 Å². The van der Waals surface area contributed by atoms with Crippen LogP contribution in [0.5, 0.6) is 0 Å². The third kappa shape index (κ3) is 3.98. The van der Waals surface area contributed by atoms with Crippen molar-refractivity contribution >= 4 is 12.0 Å². The molecule has 20 heavy (non-hydrogen) atoms. The van der Waals surface area contributed by atoms with E-state index in [2.05, 4.69) is 22.8 Å². The summed E-state index contributed by atoms with van der Waals surface area (Å²) >= 11 is 0. The van der Waals surface area contributed by atoms with Crippen molar-refractivity contribution in [1.29, 1.82) is 0 Å². The van der Waals surface area contributed by atoms with Crippen molar-refractivity contribution in [3.8, 4) is 0 Å². The Bertz CT molecular complexity index is 477. The molecule has 5 heteroatoms. The summed E-state index contributed by atoms with van der Waals surface area (Å²) in [7, 11) is 0. The fourth-order valence-corrected chi connectivity index (χ4v) is 2.53. The number of aliphatic carboxylic acids is 1. The molecule has 2 amide bonds. The first kappa shape index (κ1) is 14.4. The summed E-state index contributed by atoms with van der Waals surface area (Å²) in [6.07, 6.45) is 1.78. The van der Waals surface area contributed by atoms with Gasteiger partial charge in [-0.15, -0.1) is 0 Å². The minimum Gasteiger partial charge on any atom is -0.481 e. The summed E-state index contributed by atoms with van der Waals surface area (Å²) < 4.78 is 0. The second-order valence-electron chi connectivity index (χ2n) is 5.43. The van der Waals surface area contributed by atoms with Gasteiger partial charge in [0.1, 0.15) is 0 Å². The zero-order valence-electron chi connectivity index (χ0n) is 11.6. The Morgan fingerprint density at radius 3 is 2.45 bits per heavy atom. The van der Waals surface area contributed by atoms with Crippen molar-refractivity contribution in [2.75, 3.05) is 6.54 Å². The molecule has 1 aromatic rings. The molecule has 5 nitrogen and oxygen atoms in total. The van der Waals surface area contributed by atoms with E-state index < -0.39 is 5.97 Å². The second kappa shape index (κ2) is 6.41. The maximum Gasteiger partial charge on any atom is 0.315 e. The van der Waals surface area contributed by atoms with Crippen molar-refractivity contribution in [2.45, 2.75) is 32.2 Å². The molecule has 3 N–H and O–H groups in total. The number of amides is 2. The van der Waals surface area contributed by atoms with Gasteiger partial charge in [0.05, 0.1) is 0 Å². The number of hydrogen-bond donors (Lipinski definition) is 3. The quantitative estimate of drug-likeness (QED) is 0.763. The van der Waals surface area contributed by atoms with E-state index in [9.17, 15) is 9.59 Å². The van der Waals surface area contributed by atoms with Crippen LogP contribution in [0.3, 0.4) is 0 Å². The van der Waals surface area contributed by atoms with E-state index in [1.165, 1.54) is 11.1 Å². The summed E-state index contributed by atoms with van der Waals surface area (Å²) in [6, 6.07) is 8.10. The molecule has 0 aromatic heterocycles. The lowest BCUT2D eigenvalue weighted by Crippen LogP contribution is -2.44. The number of carboxylic acids is 1. The first-order valence-corrected chi connectivity index (χ1v) is 6.87. The number of carbonyl (C=O) groups excluding carboxylic acids is 1. The Kier molecular flexibility index (Phi) is 4.61. The van der Waals surface area contributed by atoms with Gasteiger partial charge in [-0.2, -0.15) is 0 Å². The number of urea groups is 1. The molecule has 0 aliphatic heterocycles. The van der Waals surface area contributed by atoms with Crippen LogP contribution in [0.1, 0.15) is 24.5 Å². The third-order valence-electron chi connectivity index (χ3n) is 3.52. The lowest BCUT2D eigenvalue weighted by Gasteiger charge is -2.15. The van der Waals surface area contributed by atoms with Gasteiger partial charge in [0.15, 0.2) is 0 Å². The smallest absolute Gasteiger partial charge is 0.315 e. The Morgan fingerprint density at radius 2 is 1.90 bits per heavy atom. The van der Waals surface area contributed by atoms with E-state index >= 15 is 0 Å². The van der Waals surface area contributed by atoms with Crippen LogP contribution >= 0.6 is 0 Å². The molecule has 108 valence electrons. The van der Waals surface area contributed by atoms with Crippen molar-refractivity contribution in [3.63, 3.8) is 0 Å². The van der Waals surface area contributed by atoms with Crippen molar-refractivity contribution in [3.05, 3.63) is 35.4 Å². The Balaban J connectivity index is 1.73. The average molecular weight is 276 g/mol. The fraction of sp³-hybridized carbons (Fsp3) is 0.467. The molecule has 1 unspecified atom stereocenters. The Labute approximate surface area is 118 Å². The minimum atomic E-state index is -0.842. The molecule has 1 atom stereocenters. The lowest BCUT2D eigenvalue weighted by atomic mass is 10.1. The average Bonchev–Trinajstić information content (AvgIpc) is 2.77. The largest absolute Gasteiger partial charge is 0.481 e. The predicted octanol–water partition coefficient (Wildman–Crippen LogP) is 1.56. The van der Waals surface area contributed by atoms with Gasteiger partial charge >= 0.3 is 12.0 Å². The van der Waals surface area contributed by atoms with Crippen LogP contribution in [0.15, 0.2) is 24.3 Å². The molecule has 1 aromatic carbocycles. The maximum atomic E-state index is 11.8. The molecule has 1 aliphatic carbocycles. The van der Waals surface area contributed by atoms with Gasteiger partial charge in [0, 0.05) is 19.0 Å². The molecular weight excluding hydrogens is 256 g/mol. The second-order valence-corrected chi connectivity index (χ2v) is 5.43. The van der Waals surface area contributed by atoms with E-state index in [4.69, 9.17) is 5.11 Å². The van der Waals surface area contributed by atoms with Crippen LogP contribution in [0, 0.1) is 5.92 Å². The highest BCUT2D eigenvalue weighted by Gasteiger charge is 2.22. The predicted molar refractivity (Wildman–Crippen MR) is 75.6 cm³/mol. The normalized spacial score (nSPS) is 15.4. The summed E-state index contributed by atoms with van der Waals surface area (Å²) in [4.78, 5) is 22.3. The Hall–Kier alpha value is -2.04. The minimum absolute atomic E-state index is 0.0646. The molecule has 0 saturated heterocycles. The van der Waals surface area contributed by atoms with E-state index in [0.29, 0.717) is 6.54 Å². The number of benzene rings is 1. The number of fused-ring (bicyclic) bond motifs is 1. The molecule has 1 aliphatic rings. The van der Waals surface area contributed by atoms with Crippen molar-refractivity contribution < 1.29 is 14.7 Å². The summed E-state index contributed by atoms with van der Waals surface area (Å²) in [5.74, 6) is -0.912.